The van der Waals surface area contributed by atoms with Crippen LogP contribution in [0, 0.1) is 17.3 Å². The van der Waals surface area contributed by atoms with Gasteiger partial charge in [0.25, 0.3) is 0 Å². The van der Waals surface area contributed by atoms with Crippen LogP contribution in [0.5, 0.6) is 0 Å². The van der Waals surface area contributed by atoms with Crippen LogP contribution in [0.4, 0.5) is 0 Å². The van der Waals surface area contributed by atoms with Crippen molar-refractivity contribution in [1.82, 2.24) is 14.7 Å². The average Bonchev–Trinajstić information content (AvgIpc) is 2.59. The minimum Gasteiger partial charge on any atom is -0.481 e. The minimum absolute atomic E-state index is 0.0408. The number of aliphatic carboxylic acids is 1. The molecule has 0 aromatic carbocycles. The van der Waals surface area contributed by atoms with Gasteiger partial charge < -0.3 is 14.9 Å². The molecule has 2 unspecified atom stereocenters. The molecule has 1 N–H and O–H groups in total. The highest BCUT2D eigenvalue weighted by Crippen LogP contribution is 2.31. The molecule has 160 valence electrons. The molecule has 2 heterocycles. The first-order valence-electron chi connectivity index (χ1n) is 10.5. The van der Waals surface area contributed by atoms with Crippen molar-refractivity contribution in [2.75, 3.05) is 45.8 Å². The molecule has 7 nitrogen and oxygen atoms in total. The number of likely N-dealkylation sites (tertiary alicyclic amines) is 1. The van der Waals surface area contributed by atoms with Crippen molar-refractivity contribution < 1.29 is 19.5 Å². The molecule has 2 amide bonds. The third-order valence-corrected chi connectivity index (χ3v) is 6.00. The zero-order valence-corrected chi connectivity index (χ0v) is 17.9. The predicted octanol–water partition coefficient (Wildman–Crippen LogP) is 1.92. The summed E-state index contributed by atoms with van der Waals surface area (Å²) in [5.74, 6) is -0.0864. The molecule has 2 atom stereocenters. The number of piperazine rings is 1. The predicted molar refractivity (Wildman–Crippen MR) is 108 cm³/mol. The second-order valence-corrected chi connectivity index (χ2v) is 9.62. The Bertz CT molecular complexity index is 564. The summed E-state index contributed by atoms with van der Waals surface area (Å²) in [6.07, 6.45) is 2.38. The number of hydrogen-bond donors (Lipinski definition) is 1. The lowest BCUT2D eigenvalue weighted by molar-refractivity contribution is -0.140. The van der Waals surface area contributed by atoms with Gasteiger partial charge in [-0.1, -0.05) is 20.8 Å². The number of rotatable bonds is 6. The van der Waals surface area contributed by atoms with Crippen molar-refractivity contribution >= 4 is 17.8 Å². The van der Waals surface area contributed by atoms with Gasteiger partial charge in [-0.05, 0) is 36.6 Å². The topological polar surface area (TPSA) is 81.2 Å². The Morgan fingerprint density at radius 1 is 0.964 bits per heavy atom. The molecule has 0 radical (unpaired) electrons. The number of amides is 2. The van der Waals surface area contributed by atoms with E-state index in [1.165, 1.54) is 0 Å². The van der Waals surface area contributed by atoms with E-state index in [9.17, 15) is 19.5 Å². The van der Waals surface area contributed by atoms with Crippen LogP contribution in [0.2, 0.25) is 0 Å². The highest BCUT2D eigenvalue weighted by molar-refractivity contribution is 5.77. The summed E-state index contributed by atoms with van der Waals surface area (Å²) in [4.78, 5) is 41.6. The normalized spacial score (nSPS) is 24.3. The van der Waals surface area contributed by atoms with Crippen LogP contribution in [0.15, 0.2) is 0 Å². The van der Waals surface area contributed by atoms with E-state index in [4.69, 9.17) is 0 Å². The van der Waals surface area contributed by atoms with Gasteiger partial charge >= 0.3 is 5.97 Å². The Labute approximate surface area is 169 Å². The number of hydrogen-bond acceptors (Lipinski definition) is 4. The zero-order valence-electron chi connectivity index (χ0n) is 17.9. The van der Waals surface area contributed by atoms with E-state index in [-0.39, 0.29) is 35.5 Å². The number of carbonyl (C=O) groups is 3. The van der Waals surface area contributed by atoms with Crippen LogP contribution in [0.3, 0.4) is 0 Å². The Kier molecular flexibility index (Phi) is 7.87. The number of nitrogens with zero attached hydrogens (tertiary/aromatic N) is 3. The highest BCUT2D eigenvalue weighted by Gasteiger charge is 2.34. The maximum atomic E-state index is 12.7. The van der Waals surface area contributed by atoms with Gasteiger partial charge in [-0.3, -0.25) is 19.3 Å². The molecule has 2 rings (SSSR count). The smallest absolute Gasteiger partial charge is 0.303 e. The minimum atomic E-state index is -0.750. The first kappa shape index (κ1) is 22.7. The van der Waals surface area contributed by atoms with Gasteiger partial charge in [-0.2, -0.15) is 0 Å². The molecule has 0 aromatic heterocycles. The third-order valence-electron chi connectivity index (χ3n) is 6.00. The summed E-state index contributed by atoms with van der Waals surface area (Å²) < 4.78 is 0. The van der Waals surface area contributed by atoms with E-state index in [0.29, 0.717) is 19.5 Å². The summed E-state index contributed by atoms with van der Waals surface area (Å²) >= 11 is 0. The Balaban J connectivity index is 1.91. The number of carbonyl (C=O) groups excluding carboxylic acids is 2. The van der Waals surface area contributed by atoms with Gasteiger partial charge in [0.2, 0.25) is 11.8 Å². The molecule has 7 heteroatoms. The Hall–Kier alpha value is -1.63. The maximum Gasteiger partial charge on any atom is 0.303 e. The summed E-state index contributed by atoms with van der Waals surface area (Å²) in [5, 5.41) is 9.28. The fourth-order valence-electron chi connectivity index (χ4n) is 4.33. The molecular weight excluding hydrogens is 358 g/mol. The number of carboxylic acids is 1. The van der Waals surface area contributed by atoms with Crippen LogP contribution < -0.4 is 0 Å². The van der Waals surface area contributed by atoms with Crippen LogP contribution in [0.1, 0.15) is 53.4 Å². The molecule has 2 fully saturated rings. The summed E-state index contributed by atoms with van der Waals surface area (Å²) in [7, 11) is 0. The highest BCUT2D eigenvalue weighted by atomic mass is 16.4. The van der Waals surface area contributed by atoms with Crippen LogP contribution in [0.25, 0.3) is 0 Å². The molecule has 0 aliphatic carbocycles. The van der Waals surface area contributed by atoms with E-state index in [2.05, 4.69) is 25.7 Å². The van der Waals surface area contributed by atoms with Gasteiger partial charge in [0.15, 0.2) is 0 Å². The second kappa shape index (κ2) is 9.72. The van der Waals surface area contributed by atoms with Crippen LogP contribution >= 0.6 is 0 Å². The largest absolute Gasteiger partial charge is 0.481 e. The van der Waals surface area contributed by atoms with Crippen LogP contribution in [-0.2, 0) is 14.4 Å². The molecule has 2 saturated heterocycles. The monoisotopic (exact) mass is 395 g/mol. The quantitative estimate of drug-likeness (QED) is 0.743. The molecule has 2 aliphatic rings. The summed E-state index contributed by atoms with van der Waals surface area (Å²) in [6, 6.07) is 0. The lowest BCUT2D eigenvalue weighted by atomic mass is 9.80. The first-order valence-corrected chi connectivity index (χ1v) is 10.5. The lowest BCUT2D eigenvalue weighted by Crippen LogP contribution is -2.49. The fraction of sp³-hybridized carbons (Fsp3) is 0.857. The summed E-state index contributed by atoms with van der Waals surface area (Å²) in [6.45, 7) is 13.3. The Morgan fingerprint density at radius 2 is 1.61 bits per heavy atom. The molecule has 0 aromatic rings. The molecular formula is C21H37N3O4. The van der Waals surface area contributed by atoms with E-state index < -0.39 is 5.97 Å². The van der Waals surface area contributed by atoms with Gasteiger partial charge in [0.1, 0.15) is 0 Å². The van der Waals surface area contributed by atoms with Crippen molar-refractivity contribution in [2.24, 2.45) is 17.3 Å². The third kappa shape index (κ3) is 7.08. The molecule has 0 saturated carbocycles. The van der Waals surface area contributed by atoms with Crippen molar-refractivity contribution in [3.8, 4) is 0 Å². The lowest BCUT2D eigenvalue weighted by Gasteiger charge is -2.40. The standard InChI is InChI=1S/C21H37N3O4/c1-16(25)23-11-9-22(10-12-23)7-5-18-15-24(19(26)14-21(2,3)4)8-6-17(18)13-20(27)28/h17-18H,5-15H2,1-4H3,(H,27,28). The SMILES string of the molecule is CC(=O)N1CCN(CCC2CN(C(=O)CC(C)(C)C)CCC2CC(=O)O)CC1. The van der Waals surface area contributed by atoms with E-state index in [1.54, 1.807) is 6.92 Å². The van der Waals surface area contributed by atoms with Gasteiger partial charge in [-0.25, -0.2) is 0 Å². The Morgan fingerprint density at radius 3 is 2.14 bits per heavy atom. The molecule has 28 heavy (non-hydrogen) atoms. The van der Waals surface area contributed by atoms with E-state index in [1.807, 2.05) is 9.80 Å². The second-order valence-electron chi connectivity index (χ2n) is 9.62. The first-order chi connectivity index (χ1) is 13.0. The fourth-order valence-corrected chi connectivity index (χ4v) is 4.33. The van der Waals surface area contributed by atoms with Gasteiger partial charge in [0, 0.05) is 59.0 Å². The van der Waals surface area contributed by atoms with Crippen LogP contribution in [-0.4, -0.2) is 83.4 Å². The van der Waals surface area contributed by atoms with E-state index in [0.717, 1.165) is 45.6 Å². The molecule has 2 aliphatic heterocycles. The average molecular weight is 396 g/mol. The van der Waals surface area contributed by atoms with E-state index >= 15 is 0 Å². The number of piperidine rings is 1. The molecule has 0 spiro atoms. The van der Waals surface area contributed by atoms with Crippen molar-refractivity contribution in [2.45, 2.75) is 53.4 Å². The zero-order chi connectivity index (χ0) is 20.9. The maximum absolute atomic E-state index is 12.7. The summed E-state index contributed by atoms with van der Waals surface area (Å²) in [5.41, 5.74) is -0.0408. The van der Waals surface area contributed by atoms with Gasteiger partial charge in [0.05, 0.1) is 0 Å². The van der Waals surface area contributed by atoms with Crippen molar-refractivity contribution in [1.29, 1.82) is 0 Å². The van der Waals surface area contributed by atoms with Gasteiger partial charge in [-0.15, -0.1) is 0 Å². The van der Waals surface area contributed by atoms with Crippen molar-refractivity contribution in [3.63, 3.8) is 0 Å². The molecule has 0 bridgehead atoms. The number of carboxylic acid groups (broad SMARTS) is 1. The van der Waals surface area contributed by atoms with Crippen molar-refractivity contribution in [3.05, 3.63) is 0 Å².